The highest BCUT2D eigenvalue weighted by Gasteiger charge is 2.18. The second-order valence-electron chi connectivity index (χ2n) is 8.62. The van der Waals surface area contributed by atoms with Gasteiger partial charge in [-0.15, -0.1) is 0 Å². The smallest absolute Gasteiger partial charge is 0.268 e. The van der Waals surface area contributed by atoms with Crippen LogP contribution in [-0.4, -0.2) is 24.8 Å². The van der Waals surface area contributed by atoms with E-state index in [1.807, 2.05) is 0 Å². The Bertz CT molecular complexity index is 635. The van der Waals surface area contributed by atoms with Gasteiger partial charge in [0.1, 0.15) is 17.6 Å². The Morgan fingerprint density at radius 3 is 1.67 bits per heavy atom. The molecule has 0 aliphatic heterocycles. The lowest BCUT2D eigenvalue weighted by Crippen LogP contribution is -2.24. The van der Waals surface area contributed by atoms with Gasteiger partial charge in [-0.25, -0.2) is 0 Å². The molecular weight excluding hydrogens is 396 g/mol. The van der Waals surface area contributed by atoms with Gasteiger partial charge < -0.3 is 4.74 Å². The van der Waals surface area contributed by atoms with E-state index in [4.69, 9.17) is 4.74 Å². The van der Waals surface area contributed by atoms with Crippen LogP contribution in [-0.2, 0) is 23.0 Å². The van der Waals surface area contributed by atoms with Crippen molar-refractivity contribution in [2.75, 3.05) is 5.75 Å². The van der Waals surface area contributed by atoms with E-state index in [9.17, 15) is 13.0 Å². The molecule has 5 heteroatoms. The van der Waals surface area contributed by atoms with Crippen LogP contribution in [0.25, 0.3) is 0 Å². The van der Waals surface area contributed by atoms with E-state index in [2.05, 4.69) is 32.0 Å². The number of hydrogen-bond donors (Lipinski definition) is 1. The van der Waals surface area contributed by atoms with Gasteiger partial charge in [0, 0.05) is 0 Å². The Morgan fingerprint density at radius 2 is 1.23 bits per heavy atom. The Kier molecular flexibility index (Phi) is 14.1. The van der Waals surface area contributed by atoms with Crippen molar-refractivity contribution in [3.63, 3.8) is 0 Å². The third-order valence-electron chi connectivity index (χ3n) is 5.54. The summed E-state index contributed by atoms with van der Waals surface area (Å²) < 4.78 is 37.8. The number of para-hydroxylation sites is 1. The predicted molar refractivity (Wildman–Crippen MR) is 127 cm³/mol. The molecular formula is C25H44O4S. The Balaban J connectivity index is 2.75. The molecule has 0 bridgehead atoms. The van der Waals surface area contributed by atoms with Crippen molar-refractivity contribution in [2.24, 2.45) is 0 Å². The standard InChI is InChI=1S/C25H44O4S/c1-4-6-8-10-12-14-17-23-19-16-20-24(18-15-13-11-9-7-5-2)25(23)29-22(3)21-30(26,27)28/h16,19-20,22H,4-15,17-18,21H2,1-3H3,(H,26,27,28). The average Bonchev–Trinajstić information content (AvgIpc) is 2.67. The van der Waals surface area contributed by atoms with Gasteiger partial charge in [-0.3, -0.25) is 4.55 Å². The summed E-state index contributed by atoms with van der Waals surface area (Å²) >= 11 is 0. The summed E-state index contributed by atoms with van der Waals surface area (Å²) in [6.45, 7) is 6.17. The van der Waals surface area contributed by atoms with Crippen molar-refractivity contribution >= 4 is 10.1 Å². The highest BCUT2D eigenvalue weighted by Crippen LogP contribution is 2.29. The number of hydrogen-bond acceptors (Lipinski definition) is 3. The maximum atomic E-state index is 11.3. The number of aryl methyl sites for hydroxylation is 2. The van der Waals surface area contributed by atoms with Gasteiger partial charge in [-0.05, 0) is 43.7 Å². The zero-order valence-corrected chi connectivity index (χ0v) is 20.3. The largest absolute Gasteiger partial charge is 0.489 e. The van der Waals surface area contributed by atoms with Crippen molar-refractivity contribution in [1.82, 2.24) is 0 Å². The van der Waals surface area contributed by atoms with Gasteiger partial charge in [-0.1, -0.05) is 96.3 Å². The fourth-order valence-electron chi connectivity index (χ4n) is 3.91. The van der Waals surface area contributed by atoms with Crippen LogP contribution in [0.5, 0.6) is 5.75 Å². The molecule has 1 aromatic rings. The summed E-state index contributed by atoms with van der Waals surface area (Å²) in [6, 6.07) is 6.30. The molecule has 1 unspecified atom stereocenters. The highest BCUT2D eigenvalue weighted by molar-refractivity contribution is 7.85. The van der Waals surface area contributed by atoms with Crippen molar-refractivity contribution in [2.45, 2.75) is 117 Å². The lowest BCUT2D eigenvalue weighted by atomic mass is 9.98. The minimum atomic E-state index is -4.05. The number of unbranched alkanes of at least 4 members (excludes halogenated alkanes) is 10. The predicted octanol–water partition coefficient (Wildman–Crippen LogP) is 7.15. The minimum Gasteiger partial charge on any atom is -0.489 e. The quantitative estimate of drug-likeness (QED) is 0.194. The van der Waals surface area contributed by atoms with Crippen LogP contribution in [0, 0.1) is 0 Å². The van der Waals surface area contributed by atoms with Crippen LogP contribution in [0.15, 0.2) is 18.2 Å². The van der Waals surface area contributed by atoms with E-state index in [0.29, 0.717) is 0 Å². The van der Waals surface area contributed by atoms with E-state index in [1.165, 1.54) is 64.2 Å². The minimum absolute atomic E-state index is 0.380. The Labute approximate surface area is 185 Å². The molecule has 0 fully saturated rings. The second kappa shape index (κ2) is 15.7. The molecule has 0 saturated heterocycles. The van der Waals surface area contributed by atoms with Gasteiger partial charge in [0.05, 0.1) is 0 Å². The summed E-state index contributed by atoms with van der Waals surface area (Å²) in [6.07, 6.45) is 16.2. The molecule has 0 aromatic heterocycles. The molecule has 0 aliphatic carbocycles. The van der Waals surface area contributed by atoms with Gasteiger partial charge in [0.25, 0.3) is 10.1 Å². The lowest BCUT2D eigenvalue weighted by molar-refractivity contribution is 0.236. The molecule has 0 aliphatic rings. The SMILES string of the molecule is CCCCCCCCc1cccc(CCCCCCCC)c1OC(C)CS(=O)(=O)O. The third-order valence-corrected chi connectivity index (χ3v) is 6.43. The van der Waals surface area contributed by atoms with Gasteiger partial charge in [0.2, 0.25) is 0 Å². The van der Waals surface area contributed by atoms with Crippen molar-refractivity contribution in [3.8, 4) is 5.75 Å². The van der Waals surface area contributed by atoms with Crippen LogP contribution in [0.3, 0.4) is 0 Å². The van der Waals surface area contributed by atoms with Crippen LogP contribution in [0.4, 0.5) is 0 Å². The second-order valence-corrected chi connectivity index (χ2v) is 10.1. The lowest BCUT2D eigenvalue weighted by Gasteiger charge is -2.20. The highest BCUT2D eigenvalue weighted by atomic mass is 32.2. The summed E-state index contributed by atoms with van der Waals surface area (Å²) in [4.78, 5) is 0. The van der Waals surface area contributed by atoms with Gasteiger partial charge in [-0.2, -0.15) is 8.42 Å². The van der Waals surface area contributed by atoms with E-state index in [-0.39, 0.29) is 5.75 Å². The first-order valence-electron chi connectivity index (χ1n) is 12.1. The molecule has 0 heterocycles. The van der Waals surface area contributed by atoms with E-state index < -0.39 is 16.2 Å². The fourth-order valence-corrected chi connectivity index (χ4v) is 4.57. The molecule has 174 valence electrons. The zero-order valence-electron chi connectivity index (χ0n) is 19.5. The van der Waals surface area contributed by atoms with E-state index in [0.717, 1.165) is 42.6 Å². The maximum Gasteiger partial charge on any atom is 0.268 e. The van der Waals surface area contributed by atoms with Gasteiger partial charge in [0.15, 0.2) is 0 Å². The molecule has 4 nitrogen and oxygen atoms in total. The summed E-state index contributed by atoms with van der Waals surface area (Å²) in [7, 11) is -4.05. The maximum absolute atomic E-state index is 11.3. The summed E-state index contributed by atoms with van der Waals surface area (Å²) in [5, 5.41) is 0. The van der Waals surface area contributed by atoms with Gasteiger partial charge >= 0.3 is 0 Å². The van der Waals surface area contributed by atoms with Crippen molar-refractivity contribution < 1.29 is 17.7 Å². The molecule has 0 spiro atoms. The zero-order chi connectivity index (χ0) is 22.2. The third kappa shape index (κ3) is 12.6. The Hall–Kier alpha value is -1.07. The van der Waals surface area contributed by atoms with Crippen LogP contribution in [0.2, 0.25) is 0 Å². The molecule has 0 amide bonds. The monoisotopic (exact) mass is 440 g/mol. The average molecular weight is 441 g/mol. The molecule has 1 atom stereocenters. The first-order chi connectivity index (χ1) is 14.4. The fraction of sp³-hybridized carbons (Fsp3) is 0.760. The molecule has 1 rings (SSSR count). The number of ether oxygens (including phenoxy) is 1. The topological polar surface area (TPSA) is 63.6 Å². The van der Waals surface area contributed by atoms with Crippen LogP contribution >= 0.6 is 0 Å². The van der Waals surface area contributed by atoms with Crippen molar-refractivity contribution in [1.29, 1.82) is 0 Å². The number of rotatable bonds is 18. The van der Waals surface area contributed by atoms with E-state index >= 15 is 0 Å². The first kappa shape index (κ1) is 27.0. The van der Waals surface area contributed by atoms with Crippen LogP contribution < -0.4 is 4.74 Å². The normalized spacial score (nSPS) is 12.8. The molecule has 1 N–H and O–H groups in total. The summed E-state index contributed by atoms with van der Waals surface area (Å²) in [5.74, 6) is 0.463. The molecule has 0 radical (unpaired) electrons. The van der Waals surface area contributed by atoms with E-state index in [1.54, 1.807) is 6.92 Å². The number of benzene rings is 1. The van der Waals surface area contributed by atoms with Crippen LogP contribution in [0.1, 0.15) is 109 Å². The molecule has 0 saturated carbocycles. The molecule has 30 heavy (non-hydrogen) atoms. The Morgan fingerprint density at radius 1 is 0.800 bits per heavy atom. The summed E-state index contributed by atoms with van der Waals surface area (Å²) in [5.41, 5.74) is 2.33. The van der Waals surface area contributed by atoms with Crippen molar-refractivity contribution in [3.05, 3.63) is 29.3 Å². The molecule has 1 aromatic carbocycles. The first-order valence-corrected chi connectivity index (χ1v) is 13.7.